The zero-order valence-electron chi connectivity index (χ0n) is 12.9. The highest BCUT2D eigenvalue weighted by atomic mass is 32.2. The number of methoxy groups -OCH3 is 2. The lowest BCUT2D eigenvalue weighted by molar-refractivity contribution is -0.140. The Kier molecular flexibility index (Phi) is 7.20. The molecular weight excluding hydrogens is 324 g/mol. The molecule has 0 aromatic heterocycles. The third-order valence-electron chi connectivity index (χ3n) is 2.70. The van der Waals surface area contributed by atoms with Gasteiger partial charge in [0.15, 0.2) is 0 Å². The molecule has 1 aromatic rings. The van der Waals surface area contributed by atoms with Gasteiger partial charge in [-0.25, -0.2) is 4.79 Å². The zero-order valence-corrected chi connectivity index (χ0v) is 13.7. The van der Waals surface area contributed by atoms with Gasteiger partial charge in [-0.3, -0.25) is 9.59 Å². The first-order valence-electron chi connectivity index (χ1n) is 6.53. The predicted molar refractivity (Wildman–Crippen MR) is 86.3 cm³/mol. The molecule has 1 aromatic carbocycles. The van der Waals surface area contributed by atoms with Crippen LogP contribution in [0.5, 0.6) is 11.5 Å². The monoisotopic (exact) mass is 342 g/mol. The minimum absolute atomic E-state index is 0.104. The standard InChI is InChI=1S/C14H18N2O6S/c1-8(17)15-11(13(18)19)7-23-14(20)16-10-6-9(21-2)4-5-12(10)22-3/h4-6,11H,7H2,1-3H3,(H,15,17)(H,16,20)(H,18,19)/t11-/m0/s1. The Labute approximate surface area is 137 Å². The highest BCUT2D eigenvalue weighted by Crippen LogP contribution is 2.29. The molecule has 0 radical (unpaired) electrons. The number of benzene rings is 1. The number of thioether (sulfide) groups is 1. The van der Waals surface area contributed by atoms with E-state index in [0.717, 1.165) is 11.8 Å². The number of amides is 2. The molecule has 0 aliphatic rings. The molecule has 2 amide bonds. The number of ether oxygens (including phenoxy) is 2. The Hall–Kier alpha value is -2.42. The third-order valence-corrected chi connectivity index (χ3v) is 3.56. The maximum atomic E-state index is 11.9. The summed E-state index contributed by atoms with van der Waals surface area (Å²) in [4.78, 5) is 33.9. The molecule has 3 N–H and O–H groups in total. The van der Waals surface area contributed by atoms with Gasteiger partial charge in [0.1, 0.15) is 17.5 Å². The van der Waals surface area contributed by atoms with Gasteiger partial charge in [0, 0.05) is 18.7 Å². The minimum Gasteiger partial charge on any atom is -0.497 e. The number of hydrogen-bond acceptors (Lipinski definition) is 6. The van der Waals surface area contributed by atoms with Crippen LogP contribution in [-0.2, 0) is 9.59 Å². The average Bonchev–Trinajstić information content (AvgIpc) is 2.50. The highest BCUT2D eigenvalue weighted by molar-refractivity contribution is 8.13. The van der Waals surface area contributed by atoms with Crippen molar-refractivity contribution in [3.05, 3.63) is 18.2 Å². The first kappa shape index (κ1) is 18.6. The van der Waals surface area contributed by atoms with Crippen LogP contribution in [0.15, 0.2) is 18.2 Å². The number of carboxylic acid groups (broad SMARTS) is 1. The molecule has 9 heteroatoms. The molecule has 0 saturated carbocycles. The Morgan fingerprint density at radius 2 is 1.96 bits per heavy atom. The summed E-state index contributed by atoms with van der Waals surface area (Å²) in [5.74, 6) is -0.816. The summed E-state index contributed by atoms with van der Waals surface area (Å²) in [6, 6.07) is 3.75. The molecule has 0 bridgehead atoms. The van der Waals surface area contributed by atoms with Crippen LogP contribution < -0.4 is 20.1 Å². The fourth-order valence-electron chi connectivity index (χ4n) is 1.64. The van der Waals surface area contributed by atoms with Crippen LogP contribution in [0.3, 0.4) is 0 Å². The van der Waals surface area contributed by atoms with Gasteiger partial charge in [0.2, 0.25) is 5.91 Å². The summed E-state index contributed by atoms with van der Waals surface area (Å²) in [5.41, 5.74) is 0.399. The van der Waals surface area contributed by atoms with Gasteiger partial charge in [-0.05, 0) is 12.1 Å². The lowest BCUT2D eigenvalue weighted by Crippen LogP contribution is -2.41. The Morgan fingerprint density at radius 3 is 2.48 bits per heavy atom. The lowest BCUT2D eigenvalue weighted by Gasteiger charge is -2.14. The molecular formula is C14H18N2O6S. The van der Waals surface area contributed by atoms with E-state index < -0.39 is 23.2 Å². The van der Waals surface area contributed by atoms with Crippen molar-refractivity contribution < 1.29 is 29.0 Å². The van der Waals surface area contributed by atoms with E-state index in [1.807, 2.05) is 0 Å². The van der Waals surface area contributed by atoms with Gasteiger partial charge in [0.25, 0.3) is 5.24 Å². The van der Waals surface area contributed by atoms with Crippen LogP contribution in [-0.4, -0.2) is 48.2 Å². The van der Waals surface area contributed by atoms with Crippen LogP contribution in [0.4, 0.5) is 10.5 Å². The van der Waals surface area contributed by atoms with E-state index in [1.165, 1.54) is 21.1 Å². The first-order valence-corrected chi connectivity index (χ1v) is 7.51. The molecule has 0 spiro atoms. The van der Waals surface area contributed by atoms with Crippen molar-refractivity contribution in [3.8, 4) is 11.5 Å². The van der Waals surface area contributed by atoms with Gasteiger partial charge in [-0.1, -0.05) is 11.8 Å². The number of hydrogen-bond donors (Lipinski definition) is 3. The molecule has 126 valence electrons. The first-order chi connectivity index (χ1) is 10.9. The van der Waals surface area contributed by atoms with Crippen molar-refractivity contribution in [2.75, 3.05) is 25.3 Å². The van der Waals surface area contributed by atoms with E-state index in [1.54, 1.807) is 18.2 Å². The largest absolute Gasteiger partial charge is 0.497 e. The number of anilines is 1. The van der Waals surface area contributed by atoms with Crippen molar-refractivity contribution in [2.45, 2.75) is 13.0 Å². The second-order valence-corrected chi connectivity index (χ2v) is 5.37. The molecule has 23 heavy (non-hydrogen) atoms. The van der Waals surface area contributed by atoms with E-state index in [0.29, 0.717) is 17.2 Å². The van der Waals surface area contributed by atoms with Crippen molar-refractivity contribution in [1.82, 2.24) is 5.32 Å². The second kappa shape index (κ2) is 8.89. The summed E-state index contributed by atoms with van der Waals surface area (Å²) in [5, 5.41) is 13.4. The fourth-order valence-corrected chi connectivity index (χ4v) is 2.36. The van der Waals surface area contributed by atoms with Crippen LogP contribution in [0, 0.1) is 0 Å². The average molecular weight is 342 g/mol. The Balaban J connectivity index is 2.69. The van der Waals surface area contributed by atoms with Gasteiger partial charge in [-0.2, -0.15) is 0 Å². The van der Waals surface area contributed by atoms with E-state index in [9.17, 15) is 14.4 Å². The van der Waals surface area contributed by atoms with Crippen molar-refractivity contribution >= 4 is 34.6 Å². The van der Waals surface area contributed by atoms with Crippen LogP contribution in [0.2, 0.25) is 0 Å². The van der Waals surface area contributed by atoms with Gasteiger partial charge < -0.3 is 25.2 Å². The molecule has 0 fully saturated rings. The fraction of sp³-hybridized carbons (Fsp3) is 0.357. The zero-order chi connectivity index (χ0) is 17.4. The number of aliphatic carboxylic acids is 1. The minimum atomic E-state index is -1.21. The van der Waals surface area contributed by atoms with Crippen molar-refractivity contribution in [1.29, 1.82) is 0 Å². The topological polar surface area (TPSA) is 114 Å². The summed E-state index contributed by atoms with van der Waals surface area (Å²) >= 11 is 0.740. The number of carbonyl (C=O) groups is 3. The third kappa shape index (κ3) is 6.07. The number of rotatable bonds is 7. The summed E-state index contributed by atoms with van der Waals surface area (Å²) in [6.07, 6.45) is 0. The maximum Gasteiger partial charge on any atom is 0.327 e. The SMILES string of the molecule is COc1ccc(OC)c(NC(=O)SC[C@H](NC(C)=O)C(=O)O)c1. The molecule has 0 heterocycles. The number of carboxylic acids is 1. The van der Waals surface area contributed by atoms with Gasteiger partial charge in [-0.15, -0.1) is 0 Å². The van der Waals surface area contributed by atoms with E-state index in [-0.39, 0.29) is 5.75 Å². The summed E-state index contributed by atoms with van der Waals surface area (Å²) in [7, 11) is 2.95. The highest BCUT2D eigenvalue weighted by Gasteiger charge is 2.20. The number of nitrogens with one attached hydrogen (secondary N) is 2. The molecule has 0 saturated heterocycles. The molecule has 1 rings (SSSR count). The van der Waals surface area contributed by atoms with Crippen molar-refractivity contribution in [2.24, 2.45) is 0 Å². The molecule has 0 unspecified atom stereocenters. The van der Waals surface area contributed by atoms with Crippen LogP contribution >= 0.6 is 11.8 Å². The second-order valence-electron chi connectivity index (χ2n) is 4.38. The Bertz CT molecular complexity index is 593. The van der Waals surface area contributed by atoms with Gasteiger partial charge >= 0.3 is 5.97 Å². The van der Waals surface area contributed by atoms with E-state index in [4.69, 9.17) is 14.6 Å². The quantitative estimate of drug-likeness (QED) is 0.689. The lowest BCUT2D eigenvalue weighted by atomic mass is 10.3. The number of carbonyl (C=O) groups excluding carboxylic acids is 2. The molecule has 0 aliphatic carbocycles. The van der Waals surface area contributed by atoms with E-state index >= 15 is 0 Å². The molecule has 8 nitrogen and oxygen atoms in total. The molecule has 1 atom stereocenters. The van der Waals surface area contributed by atoms with Crippen LogP contribution in [0.25, 0.3) is 0 Å². The van der Waals surface area contributed by atoms with Crippen LogP contribution in [0.1, 0.15) is 6.92 Å². The normalized spacial score (nSPS) is 11.3. The van der Waals surface area contributed by atoms with Gasteiger partial charge in [0.05, 0.1) is 19.9 Å². The van der Waals surface area contributed by atoms with Crippen molar-refractivity contribution in [3.63, 3.8) is 0 Å². The predicted octanol–water partition coefficient (Wildman–Crippen LogP) is 1.56. The maximum absolute atomic E-state index is 11.9. The Morgan fingerprint density at radius 1 is 1.26 bits per heavy atom. The molecule has 0 aliphatic heterocycles. The smallest absolute Gasteiger partial charge is 0.327 e. The summed E-state index contributed by atoms with van der Waals surface area (Å²) in [6.45, 7) is 1.21. The van der Waals surface area contributed by atoms with E-state index in [2.05, 4.69) is 10.6 Å². The summed E-state index contributed by atoms with van der Waals surface area (Å²) < 4.78 is 10.2.